The third-order valence-electron chi connectivity index (χ3n) is 6.03. The van der Waals surface area contributed by atoms with E-state index in [9.17, 15) is 14.7 Å². The predicted octanol–water partition coefficient (Wildman–Crippen LogP) is 2.08. The molecule has 2 bridgehead atoms. The van der Waals surface area contributed by atoms with E-state index >= 15 is 0 Å². The van der Waals surface area contributed by atoms with Gasteiger partial charge in [-0.2, -0.15) is 0 Å². The van der Waals surface area contributed by atoms with E-state index in [-0.39, 0.29) is 5.91 Å². The number of aliphatic hydroxyl groups is 1. The number of hydrogen-bond donors (Lipinski definition) is 2. The number of amides is 2. The van der Waals surface area contributed by atoms with E-state index in [0.717, 1.165) is 15.7 Å². The van der Waals surface area contributed by atoms with Gasteiger partial charge in [0.1, 0.15) is 5.82 Å². The van der Waals surface area contributed by atoms with Crippen LogP contribution in [0, 0.1) is 5.92 Å². The van der Waals surface area contributed by atoms with Crippen molar-refractivity contribution in [2.75, 3.05) is 17.3 Å². The standard InChI is InChI=1S/C20H23N3O4/c1-19-9-16(25)20(2,27-19)8-14(19)18(26)23(11-24)15-10-22-17(21-3)13-7-5-4-6-12(13)15/h4-7,10-11,14,16,25H,8-9H2,1-3H3,(H,21,22)/t14-,16+,19-,20-/m1/s1. The first-order chi connectivity index (χ1) is 12.8. The molecule has 4 rings (SSSR count). The van der Waals surface area contributed by atoms with Crippen molar-refractivity contribution in [2.45, 2.75) is 44.0 Å². The van der Waals surface area contributed by atoms with Crippen LogP contribution < -0.4 is 10.2 Å². The molecule has 0 radical (unpaired) electrons. The topological polar surface area (TPSA) is 91.8 Å². The van der Waals surface area contributed by atoms with Gasteiger partial charge in [-0.15, -0.1) is 0 Å². The Kier molecular flexibility index (Phi) is 3.98. The number of fused-ring (bicyclic) bond motifs is 3. The molecule has 2 amide bonds. The molecule has 2 N–H and O–H groups in total. The van der Waals surface area contributed by atoms with Crippen LogP contribution in [0.15, 0.2) is 30.5 Å². The van der Waals surface area contributed by atoms with Crippen LogP contribution in [0.25, 0.3) is 10.8 Å². The second kappa shape index (κ2) is 6.00. The fourth-order valence-corrected chi connectivity index (χ4v) is 4.57. The first kappa shape index (κ1) is 17.9. The van der Waals surface area contributed by atoms with Crippen molar-refractivity contribution in [3.05, 3.63) is 30.5 Å². The summed E-state index contributed by atoms with van der Waals surface area (Å²) in [5.41, 5.74) is -1.08. The number of anilines is 2. The predicted molar refractivity (Wildman–Crippen MR) is 101 cm³/mol. The van der Waals surface area contributed by atoms with Crippen LogP contribution in [0.3, 0.4) is 0 Å². The minimum Gasteiger partial charge on any atom is -0.390 e. The van der Waals surface area contributed by atoms with Crippen LogP contribution in [-0.2, 0) is 14.3 Å². The molecule has 27 heavy (non-hydrogen) atoms. The highest BCUT2D eigenvalue weighted by Gasteiger charge is 2.64. The molecule has 3 heterocycles. The molecule has 0 saturated carbocycles. The minimum absolute atomic E-state index is 0.327. The van der Waals surface area contributed by atoms with Crippen molar-refractivity contribution < 1.29 is 19.4 Å². The lowest BCUT2D eigenvalue weighted by Crippen LogP contribution is -2.47. The highest BCUT2D eigenvalue weighted by Crippen LogP contribution is 2.54. The SMILES string of the molecule is CNc1ncc(N(C=O)C(=O)[C@H]2C[C@@]3(C)O[C@]2(C)C[C@@H]3O)c2ccccc12. The van der Waals surface area contributed by atoms with E-state index in [4.69, 9.17) is 4.74 Å². The summed E-state index contributed by atoms with van der Waals surface area (Å²) in [4.78, 5) is 30.7. The largest absolute Gasteiger partial charge is 0.390 e. The molecular weight excluding hydrogens is 346 g/mol. The van der Waals surface area contributed by atoms with Crippen molar-refractivity contribution in [1.29, 1.82) is 0 Å². The summed E-state index contributed by atoms with van der Waals surface area (Å²) in [6.45, 7) is 3.65. The number of imide groups is 1. The third kappa shape index (κ3) is 2.53. The average molecular weight is 369 g/mol. The lowest BCUT2D eigenvalue weighted by Gasteiger charge is -2.33. The van der Waals surface area contributed by atoms with Gasteiger partial charge in [0.25, 0.3) is 0 Å². The zero-order chi connectivity index (χ0) is 19.4. The molecule has 4 atom stereocenters. The molecule has 7 heteroatoms. The fraction of sp³-hybridized carbons (Fsp3) is 0.450. The van der Waals surface area contributed by atoms with Gasteiger partial charge in [-0.3, -0.25) is 14.5 Å². The maximum Gasteiger partial charge on any atom is 0.239 e. The maximum atomic E-state index is 13.3. The lowest BCUT2D eigenvalue weighted by atomic mass is 9.73. The van der Waals surface area contributed by atoms with Gasteiger partial charge in [-0.05, 0) is 20.3 Å². The molecule has 2 aliphatic rings. The van der Waals surface area contributed by atoms with Gasteiger partial charge in [0.05, 0.1) is 35.1 Å². The number of carbonyl (C=O) groups excluding carboxylic acids is 2. The van der Waals surface area contributed by atoms with Crippen LogP contribution in [0.1, 0.15) is 26.7 Å². The molecule has 1 aromatic heterocycles. The van der Waals surface area contributed by atoms with E-state index in [1.54, 1.807) is 7.05 Å². The second-order valence-electron chi connectivity index (χ2n) is 7.81. The highest BCUT2D eigenvalue weighted by molar-refractivity contribution is 6.15. The minimum atomic E-state index is -0.777. The molecule has 0 aliphatic carbocycles. The van der Waals surface area contributed by atoms with Crippen molar-refractivity contribution in [1.82, 2.24) is 4.98 Å². The lowest BCUT2D eigenvalue weighted by molar-refractivity contribution is -0.129. The molecule has 2 aromatic rings. The summed E-state index contributed by atoms with van der Waals surface area (Å²) in [5, 5.41) is 14.8. The maximum absolute atomic E-state index is 13.3. The van der Waals surface area contributed by atoms with Crippen LogP contribution in [0.4, 0.5) is 11.5 Å². The monoisotopic (exact) mass is 369 g/mol. The Balaban J connectivity index is 1.75. The van der Waals surface area contributed by atoms with Gasteiger partial charge in [-0.25, -0.2) is 4.98 Å². The Bertz CT molecular complexity index is 933. The number of aromatic nitrogens is 1. The van der Waals surface area contributed by atoms with Gasteiger partial charge < -0.3 is 15.2 Å². The third-order valence-corrected chi connectivity index (χ3v) is 6.03. The van der Waals surface area contributed by atoms with Gasteiger partial charge >= 0.3 is 0 Å². The summed E-state index contributed by atoms with van der Waals surface area (Å²) >= 11 is 0. The quantitative estimate of drug-likeness (QED) is 0.802. The summed E-state index contributed by atoms with van der Waals surface area (Å²) < 4.78 is 6.01. The first-order valence-electron chi connectivity index (χ1n) is 9.05. The molecule has 2 fully saturated rings. The molecule has 7 nitrogen and oxygen atoms in total. The summed E-state index contributed by atoms with van der Waals surface area (Å²) in [5.74, 6) is -0.148. The molecule has 0 spiro atoms. The van der Waals surface area contributed by atoms with Crippen molar-refractivity contribution in [3.8, 4) is 0 Å². The number of hydrogen-bond acceptors (Lipinski definition) is 6. The molecule has 0 unspecified atom stereocenters. The smallest absolute Gasteiger partial charge is 0.239 e. The number of pyridine rings is 1. The van der Waals surface area contributed by atoms with E-state index < -0.39 is 23.2 Å². The first-order valence-corrected chi connectivity index (χ1v) is 9.05. The van der Waals surface area contributed by atoms with E-state index in [0.29, 0.717) is 30.8 Å². The van der Waals surface area contributed by atoms with Crippen LogP contribution in [-0.4, -0.2) is 46.8 Å². The zero-order valence-corrected chi connectivity index (χ0v) is 15.6. The molecule has 142 valence electrons. The van der Waals surface area contributed by atoms with Gasteiger partial charge in [0.15, 0.2) is 0 Å². The number of benzene rings is 1. The second-order valence-corrected chi connectivity index (χ2v) is 7.81. The molecular formula is C20H23N3O4. The van der Waals surface area contributed by atoms with E-state index in [1.807, 2.05) is 38.1 Å². The number of nitrogens with zero attached hydrogens (tertiary/aromatic N) is 2. The zero-order valence-electron chi connectivity index (χ0n) is 15.6. The Hall–Kier alpha value is -2.51. The number of carbonyl (C=O) groups is 2. The van der Waals surface area contributed by atoms with Gasteiger partial charge in [0, 0.05) is 24.2 Å². The van der Waals surface area contributed by atoms with E-state index in [1.165, 1.54) is 6.20 Å². The van der Waals surface area contributed by atoms with Gasteiger partial charge in [0.2, 0.25) is 12.3 Å². The Labute approximate surface area is 157 Å². The Morgan fingerprint density at radius 2 is 2.00 bits per heavy atom. The highest BCUT2D eigenvalue weighted by atomic mass is 16.6. The van der Waals surface area contributed by atoms with Crippen LogP contribution in [0.2, 0.25) is 0 Å². The molecule has 2 saturated heterocycles. The normalized spacial score (nSPS) is 31.9. The number of aliphatic hydroxyl groups excluding tert-OH is 1. The number of nitrogens with one attached hydrogen (secondary N) is 1. The molecule has 2 aliphatic heterocycles. The van der Waals surface area contributed by atoms with Crippen LogP contribution >= 0.6 is 0 Å². The van der Waals surface area contributed by atoms with Crippen molar-refractivity contribution >= 4 is 34.6 Å². The average Bonchev–Trinajstić information content (AvgIpc) is 3.06. The molecule has 1 aromatic carbocycles. The van der Waals surface area contributed by atoms with E-state index in [2.05, 4.69) is 10.3 Å². The van der Waals surface area contributed by atoms with Crippen molar-refractivity contribution in [3.63, 3.8) is 0 Å². The summed E-state index contributed by atoms with van der Waals surface area (Å²) in [7, 11) is 1.77. The van der Waals surface area contributed by atoms with Gasteiger partial charge in [-0.1, -0.05) is 24.3 Å². The van der Waals surface area contributed by atoms with Crippen LogP contribution in [0.5, 0.6) is 0 Å². The fourth-order valence-electron chi connectivity index (χ4n) is 4.57. The number of ether oxygens (including phenoxy) is 1. The summed E-state index contributed by atoms with van der Waals surface area (Å²) in [6.07, 6.45) is 2.23. The van der Waals surface area contributed by atoms with Crippen molar-refractivity contribution in [2.24, 2.45) is 5.92 Å². The Morgan fingerprint density at radius 1 is 1.30 bits per heavy atom. The summed E-state index contributed by atoms with van der Waals surface area (Å²) in [6, 6.07) is 7.50. The number of rotatable bonds is 4. The Morgan fingerprint density at radius 3 is 2.56 bits per heavy atom.